The summed E-state index contributed by atoms with van der Waals surface area (Å²) in [6.07, 6.45) is 0.274. The average Bonchev–Trinajstić information content (AvgIpc) is 3.02. The van der Waals surface area contributed by atoms with Gasteiger partial charge in [-0.05, 0) is 12.1 Å². The molecule has 2 fully saturated rings. The van der Waals surface area contributed by atoms with Gasteiger partial charge in [-0.25, -0.2) is 4.79 Å². The van der Waals surface area contributed by atoms with E-state index in [-0.39, 0.29) is 30.3 Å². The fourth-order valence-electron chi connectivity index (χ4n) is 3.32. The lowest BCUT2D eigenvalue weighted by atomic mass is 10.2. The third kappa shape index (κ3) is 3.89. The zero-order valence-corrected chi connectivity index (χ0v) is 15.1. The number of nitrogens with zero attached hydrogens (tertiary/aromatic N) is 3. The van der Waals surface area contributed by atoms with Gasteiger partial charge in [-0.15, -0.1) is 0 Å². The van der Waals surface area contributed by atoms with E-state index in [1.165, 1.54) is 6.92 Å². The van der Waals surface area contributed by atoms with Gasteiger partial charge in [0.2, 0.25) is 11.8 Å². The summed E-state index contributed by atoms with van der Waals surface area (Å²) in [6.45, 7) is 4.07. The Morgan fingerprint density at radius 2 is 1.85 bits per heavy atom. The molecule has 0 unspecified atom stereocenters. The van der Waals surface area contributed by atoms with Gasteiger partial charge in [0, 0.05) is 57.8 Å². The quantitative estimate of drug-likeness (QED) is 0.859. The zero-order chi connectivity index (χ0) is 18.7. The molecule has 0 saturated carbocycles. The van der Waals surface area contributed by atoms with E-state index in [2.05, 4.69) is 5.32 Å². The molecule has 0 spiro atoms. The monoisotopic (exact) mass is 360 g/mol. The SMILES string of the molecule is COc1cccc(N2C[C@@H](NC(=O)N3CCN(C(C)=O)CC3)CC2=O)c1. The van der Waals surface area contributed by atoms with Crippen LogP contribution in [0, 0.1) is 0 Å². The first kappa shape index (κ1) is 18.0. The van der Waals surface area contributed by atoms with Gasteiger partial charge in [-0.3, -0.25) is 9.59 Å². The number of anilines is 1. The van der Waals surface area contributed by atoms with E-state index < -0.39 is 0 Å². The van der Waals surface area contributed by atoms with Crippen LogP contribution in [0.5, 0.6) is 5.75 Å². The molecule has 8 heteroatoms. The van der Waals surface area contributed by atoms with Gasteiger partial charge < -0.3 is 24.8 Å². The van der Waals surface area contributed by atoms with Crippen molar-refractivity contribution in [3.05, 3.63) is 24.3 Å². The van der Waals surface area contributed by atoms with Gasteiger partial charge in [0.1, 0.15) is 5.75 Å². The number of urea groups is 1. The fraction of sp³-hybridized carbons (Fsp3) is 0.500. The maximum Gasteiger partial charge on any atom is 0.317 e. The Morgan fingerprint density at radius 1 is 1.15 bits per heavy atom. The van der Waals surface area contributed by atoms with Crippen LogP contribution in [0.2, 0.25) is 0 Å². The Balaban J connectivity index is 1.56. The molecule has 1 atom stereocenters. The average molecular weight is 360 g/mol. The third-order valence-electron chi connectivity index (χ3n) is 4.83. The molecule has 0 aliphatic carbocycles. The predicted octanol–water partition coefficient (Wildman–Crippen LogP) is 0.674. The van der Waals surface area contributed by atoms with Crippen LogP contribution in [0.1, 0.15) is 13.3 Å². The maximum absolute atomic E-state index is 12.4. The van der Waals surface area contributed by atoms with E-state index >= 15 is 0 Å². The van der Waals surface area contributed by atoms with Crippen LogP contribution in [0.3, 0.4) is 0 Å². The topological polar surface area (TPSA) is 82.2 Å². The number of benzene rings is 1. The standard InChI is InChI=1S/C18H24N4O4/c1-13(23)20-6-8-21(9-7-20)18(25)19-14-10-17(24)22(12-14)15-4-3-5-16(11-15)26-2/h3-5,11,14H,6-10,12H2,1-2H3,(H,19,25)/t14-/m0/s1. The van der Waals surface area contributed by atoms with E-state index in [0.717, 1.165) is 5.69 Å². The van der Waals surface area contributed by atoms with Gasteiger partial charge >= 0.3 is 6.03 Å². The number of hydrogen-bond donors (Lipinski definition) is 1. The number of rotatable bonds is 3. The van der Waals surface area contributed by atoms with Gasteiger partial charge in [0.05, 0.1) is 13.2 Å². The van der Waals surface area contributed by atoms with Crippen molar-refractivity contribution in [1.29, 1.82) is 0 Å². The highest BCUT2D eigenvalue weighted by molar-refractivity contribution is 5.97. The first-order valence-corrected chi connectivity index (χ1v) is 8.73. The largest absolute Gasteiger partial charge is 0.497 e. The highest BCUT2D eigenvalue weighted by Gasteiger charge is 2.33. The summed E-state index contributed by atoms with van der Waals surface area (Å²) < 4.78 is 5.20. The summed E-state index contributed by atoms with van der Waals surface area (Å²) in [5, 5.41) is 2.94. The van der Waals surface area contributed by atoms with Crippen LogP contribution in [0.15, 0.2) is 24.3 Å². The maximum atomic E-state index is 12.4. The molecule has 3 rings (SSSR count). The molecule has 0 radical (unpaired) electrons. The predicted molar refractivity (Wildman–Crippen MR) is 96.1 cm³/mol. The molecule has 2 aliphatic rings. The highest BCUT2D eigenvalue weighted by Crippen LogP contribution is 2.25. The first-order chi connectivity index (χ1) is 12.5. The summed E-state index contributed by atoms with van der Waals surface area (Å²) in [4.78, 5) is 41.2. The van der Waals surface area contributed by atoms with Crippen LogP contribution in [0.25, 0.3) is 0 Å². The third-order valence-corrected chi connectivity index (χ3v) is 4.83. The zero-order valence-electron chi connectivity index (χ0n) is 15.1. The molecule has 0 aromatic heterocycles. The van der Waals surface area contributed by atoms with Crippen LogP contribution < -0.4 is 15.0 Å². The summed E-state index contributed by atoms with van der Waals surface area (Å²) in [5.41, 5.74) is 0.765. The Bertz CT molecular complexity index is 700. The number of ether oxygens (including phenoxy) is 1. The van der Waals surface area contributed by atoms with E-state index in [4.69, 9.17) is 4.74 Å². The van der Waals surface area contributed by atoms with Crippen molar-refractivity contribution in [3.63, 3.8) is 0 Å². The number of carbonyl (C=O) groups is 3. The summed E-state index contributed by atoms with van der Waals surface area (Å²) >= 11 is 0. The van der Waals surface area contributed by atoms with Crippen LogP contribution >= 0.6 is 0 Å². The van der Waals surface area contributed by atoms with Crippen molar-refractivity contribution in [2.24, 2.45) is 0 Å². The van der Waals surface area contributed by atoms with Gasteiger partial charge in [-0.2, -0.15) is 0 Å². The Labute approximate surface area is 152 Å². The molecule has 1 aromatic rings. The molecule has 0 bridgehead atoms. The Morgan fingerprint density at radius 3 is 2.50 bits per heavy atom. The second-order valence-electron chi connectivity index (χ2n) is 6.55. The normalized spacial score (nSPS) is 20.3. The number of methoxy groups -OCH3 is 1. The molecular formula is C18H24N4O4. The van der Waals surface area contributed by atoms with Crippen LogP contribution in [-0.4, -0.2) is 73.5 Å². The second-order valence-corrected chi connectivity index (χ2v) is 6.55. The molecule has 2 aliphatic heterocycles. The minimum atomic E-state index is -0.230. The molecule has 2 heterocycles. The molecule has 140 valence electrons. The van der Waals surface area contributed by atoms with Crippen LogP contribution in [0.4, 0.5) is 10.5 Å². The smallest absolute Gasteiger partial charge is 0.317 e. The molecule has 2 saturated heterocycles. The first-order valence-electron chi connectivity index (χ1n) is 8.73. The number of amides is 4. The molecular weight excluding hydrogens is 336 g/mol. The highest BCUT2D eigenvalue weighted by atomic mass is 16.5. The molecule has 4 amide bonds. The van der Waals surface area contributed by atoms with Crippen molar-refractivity contribution < 1.29 is 19.1 Å². The second kappa shape index (κ2) is 7.63. The van der Waals surface area contributed by atoms with E-state index in [9.17, 15) is 14.4 Å². The van der Waals surface area contributed by atoms with Crippen molar-refractivity contribution >= 4 is 23.5 Å². The number of nitrogens with one attached hydrogen (secondary N) is 1. The van der Waals surface area contributed by atoms with E-state index in [1.807, 2.05) is 24.3 Å². The Kier molecular flexibility index (Phi) is 5.29. The van der Waals surface area contributed by atoms with E-state index in [1.54, 1.807) is 21.8 Å². The summed E-state index contributed by atoms with van der Waals surface area (Å²) in [6, 6.07) is 6.91. The fourth-order valence-corrected chi connectivity index (χ4v) is 3.32. The van der Waals surface area contributed by atoms with Gasteiger partial charge in [0.15, 0.2) is 0 Å². The van der Waals surface area contributed by atoms with Crippen molar-refractivity contribution in [3.8, 4) is 5.75 Å². The number of carbonyl (C=O) groups excluding carboxylic acids is 3. The minimum absolute atomic E-state index is 0.0232. The van der Waals surface area contributed by atoms with Crippen molar-refractivity contribution in [2.45, 2.75) is 19.4 Å². The van der Waals surface area contributed by atoms with Gasteiger partial charge in [0.25, 0.3) is 0 Å². The van der Waals surface area contributed by atoms with Crippen molar-refractivity contribution in [2.75, 3.05) is 44.7 Å². The Hall–Kier alpha value is -2.77. The minimum Gasteiger partial charge on any atom is -0.497 e. The lowest BCUT2D eigenvalue weighted by molar-refractivity contribution is -0.130. The van der Waals surface area contributed by atoms with E-state index in [0.29, 0.717) is 38.5 Å². The van der Waals surface area contributed by atoms with Crippen LogP contribution in [-0.2, 0) is 9.59 Å². The summed E-state index contributed by atoms with van der Waals surface area (Å²) in [7, 11) is 1.58. The lowest BCUT2D eigenvalue weighted by Crippen LogP contribution is -2.54. The van der Waals surface area contributed by atoms with Crippen molar-refractivity contribution in [1.82, 2.24) is 15.1 Å². The lowest BCUT2D eigenvalue weighted by Gasteiger charge is -2.34. The number of piperazine rings is 1. The molecule has 1 N–H and O–H groups in total. The number of hydrogen-bond acceptors (Lipinski definition) is 4. The summed E-state index contributed by atoms with van der Waals surface area (Å²) in [5.74, 6) is 0.691. The molecule has 26 heavy (non-hydrogen) atoms. The molecule has 1 aromatic carbocycles. The molecule has 8 nitrogen and oxygen atoms in total. The van der Waals surface area contributed by atoms with Gasteiger partial charge in [-0.1, -0.05) is 6.07 Å².